The first-order valence-electron chi connectivity index (χ1n) is 8.46. The molecule has 0 aliphatic carbocycles. The van der Waals surface area contributed by atoms with Gasteiger partial charge in [-0.25, -0.2) is 18.7 Å². The summed E-state index contributed by atoms with van der Waals surface area (Å²) in [5.74, 6) is -0.787. The van der Waals surface area contributed by atoms with Crippen molar-refractivity contribution in [1.82, 2.24) is 23.6 Å². The molecule has 8 nitrogen and oxygen atoms in total. The van der Waals surface area contributed by atoms with Crippen LogP contribution in [-0.4, -0.2) is 36.0 Å². The number of amides is 1. The quantitative estimate of drug-likeness (QED) is 0.657. The van der Waals surface area contributed by atoms with Gasteiger partial charge in [-0.05, 0) is 24.6 Å². The second-order valence-corrected chi connectivity index (χ2v) is 6.30. The van der Waals surface area contributed by atoms with E-state index in [1.807, 2.05) is 0 Å². The van der Waals surface area contributed by atoms with E-state index in [1.165, 1.54) is 39.5 Å². The molecule has 3 aromatic rings. The number of benzene rings is 1. The van der Waals surface area contributed by atoms with E-state index in [2.05, 4.69) is 4.98 Å². The van der Waals surface area contributed by atoms with E-state index in [0.717, 1.165) is 4.57 Å². The Labute approximate surface area is 154 Å². The van der Waals surface area contributed by atoms with Gasteiger partial charge in [-0.3, -0.25) is 14.2 Å². The van der Waals surface area contributed by atoms with Crippen LogP contribution in [-0.2, 0) is 32.0 Å². The van der Waals surface area contributed by atoms with Gasteiger partial charge in [0.15, 0.2) is 11.2 Å². The fraction of sp³-hybridized carbons (Fsp3) is 0.333. The average molecular weight is 373 g/mol. The van der Waals surface area contributed by atoms with E-state index in [1.54, 1.807) is 26.1 Å². The summed E-state index contributed by atoms with van der Waals surface area (Å²) in [5.41, 5.74) is -0.0291. The lowest BCUT2D eigenvalue weighted by Gasteiger charge is -2.21. The Kier molecular flexibility index (Phi) is 4.93. The predicted octanol–water partition coefficient (Wildman–Crippen LogP) is 0.621. The maximum Gasteiger partial charge on any atom is 0.332 e. The highest BCUT2D eigenvalue weighted by molar-refractivity contribution is 5.76. The molecular weight excluding hydrogens is 353 g/mol. The number of carbonyl (C=O) groups is 1. The largest absolute Gasteiger partial charge is 0.337 e. The zero-order valence-corrected chi connectivity index (χ0v) is 15.3. The Morgan fingerprint density at radius 3 is 2.67 bits per heavy atom. The molecule has 1 amide bonds. The number of likely N-dealkylation sites (N-methyl/N-ethyl adjacent to an activating group) is 1. The van der Waals surface area contributed by atoms with E-state index in [0.29, 0.717) is 12.1 Å². The molecule has 0 fully saturated rings. The van der Waals surface area contributed by atoms with Crippen molar-refractivity contribution in [2.45, 2.75) is 20.0 Å². The predicted molar refractivity (Wildman–Crippen MR) is 97.7 cm³/mol. The van der Waals surface area contributed by atoms with E-state index in [9.17, 15) is 18.8 Å². The number of aryl methyl sites for hydroxylation is 2. The summed E-state index contributed by atoms with van der Waals surface area (Å²) in [6.45, 7) is 1.94. The Morgan fingerprint density at radius 2 is 2.00 bits per heavy atom. The lowest BCUT2D eigenvalue weighted by molar-refractivity contribution is -0.132. The molecule has 0 atom stereocenters. The second kappa shape index (κ2) is 7.18. The molecule has 0 unspecified atom stereocenters. The molecule has 0 bridgehead atoms. The molecule has 3 rings (SSSR count). The van der Waals surface area contributed by atoms with Gasteiger partial charge in [0.05, 0.1) is 6.33 Å². The third-order valence-electron chi connectivity index (χ3n) is 4.49. The fourth-order valence-corrected chi connectivity index (χ4v) is 3.00. The molecular formula is C18H20FN5O3. The number of hydrogen-bond acceptors (Lipinski definition) is 4. The van der Waals surface area contributed by atoms with Crippen LogP contribution in [0.4, 0.5) is 4.39 Å². The highest BCUT2D eigenvalue weighted by Gasteiger charge is 2.19. The van der Waals surface area contributed by atoms with Crippen molar-refractivity contribution in [1.29, 1.82) is 0 Å². The number of nitrogens with zero attached hydrogens (tertiary/aromatic N) is 5. The second-order valence-electron chi connectivity index (χ2n) is 6.30. The first-order valence-corrected chi connectivity index (χ1v) is 8.46. The number of carbonyl (C=O) groups excluding carboxylic acids is 1. The minimum absolute atomic E-state index is 0.191. The van der Waals surface area contributed by atoms with Gasteiger partial charge in [-0.2, -0.15) is 0 Å². The zero-order valence-electron chi connectivity index (χ0n) is 15.3. The minimum Gasteiger partial charge on any atom is -0.337 e. The molecule has 2 aromatic heterocycles. The zero-order chi connectivity index (χ0) is 19.7. The van der Waals surface area contributed by atoms with E-state index >= 15 is 0 Å². The molecule has 0 saturated heterocycles. The van der Waals surface area contributed by atoms with Crippen LogP contribution in [0.15, 0.2) is 40.2 Å². The van der Waals surface area contributed by atoms with Gasteiger partial charge in [0, 0.05) is 27.2 Å². The van der Waals surface area contributed by atoms with Crippen LogP contribution in [0.1, 0.15) is 12.5 Å². The van der Waals surface area contributed by atoms with Gasteiger partial charge in [-0.1, -0.05) is 12.1 Å². The summed E-state index contributed by atoms with van der Waals surface area (Å²) in [7, 11) is 3.15. The molecule has 1 aromatic carbocycles. The van der Waals surface area contributed by atoms with Crippen LogP contribution in [0.3, 0.4) is 0 Å². The van der Waals surface area contributed by atoms with Crippen LogP contribution in [0, 0.1) is 5.82 Å². The lowest BCUT2D eigenvalue weighted by Crippen LogP contribution is -2.44. The van der Waals surface area contributed by atoms with Crippen LogP contribution >= 0.6 is 0 Å². The minimum atomic E-state index is -0.610. The van der Waals surface area contributed by atoms with Crippen molar-refractivity contribution >= 4 is 17.1 Å². The first kappa shape index (κ1) is 18.6. The van der Waals surface area contributed by atoms with Crippen molar-refractivity contribution in [2.75, 3.05) is 6.54 Å². The number of imidazole rings is 1. The Hall–Kier alpha value is -3.23. The Balaban J connectivity index is 1.94. The molecule has 0 aliphatic heterocycles. The fourth-order valence-electron chi connectivity index (χ4n) is 3.00. The smallest absolute Gasteiger partial charge is 0.332 e. The maximum atomic E-state index is 13.4. The lowest BCUT2D eigenvalue weighted by atomic mass is 10.2. The average Bonchev–Trinajstić information content (AvgIpc) is 3.03. The van der Waals surface area contributed by atoms with Crippen LogP contribution in [0.5, 0.6) is 0 Å². The number of halogens is 1. The van der Waals surface area contributed by atoms with Crippen molar-refractivity contribution in [3.63, 3.8) is 0 Å². The van der Waals surface area contributed by atoms with Gasteiger partial charge in [0.2, 0.25) is 5.91 Å². The molecule has 2 heterocycles. The van der Waals surface area contributed by atoms with Gasteiger partial charge in [0.25, 0.3) is 5.56 Å². The molecule has 0 radical (unpaired) electrons. The highest BCUT2D eigenvalue weighted by atomic mass is 19.1. The number of fused-ring (bicyclic) bond motifs is 1. The number of rotatable bonds is 5. The summed E-state index contributed by atoms with van der Waals surface area (Å²) in [5, 5.41) is 0. The van der Waals surface area contributed by atoms with Gasteiger partial charge in [-0.15, -0.1) is 0 Å². The van der Waals surface area contributed by atoms with Gasteiger partial charge < -0.3 is 9.47 Å². The number of hydrogen-bond donors (Lipinski definition) is 0. The monoisotopic (exact) mass is 373 g/mol. The van der Waals surface area contributed by atoms with Crippen molar-refractivity contribution in [3.8, 4) is 0 Å². The first-order chi connectivity index (χ1) is 12.8. The molecule has 0 saturated carbocycles. The summed E-state index contributed by atoms with van der Waals surface area (Å²) in [4.78, 5) is 43.5. The summed E-state index contributed by atoms with van der Waals surface area (Å²) in [6, 6.07) is 5.96. The van der Waals surface area contributed by atoms with Crippen molar-refractivity contribution in [3.05, 3.63) is 62.8 Å². The standard InChI is InChI=1S/C18H20FN5O3/c1-4-23(9-12-6-5-7-13(19)8-12)14(25)10-24-17(26)15-16(20-11-21(15)2)22(3)18(24)27/h5-8,11H,4,9-10H2,1-3H3. The van der Waals surface area contributed by atoms with E-state index < -0.39 is 23.7 Å². The number of aromatic nitrogens is 4. The molecule has 27 heavy (non-hydrogen) atoms. The van der Waals surface area contributed by atoms with Crippen LogP contribution in [0.2, 0.25) is 0 Å². The maximum absolute atomic E-state index is 13.4. The molecule has 0 aliphatic rings. The van der Waals surface area contributed by atoms with E-state index in [-0.39, 0.29) is 23.5 Å². The molecule has 9 heteroatoms. The van der Waals surface area contributed by atoms with Gasteiger partial charge >= 0.3 is 5.69 Å². The third kappa shape index (κ3) is 3.40. The molecule has 142 valence electrons. The van der Waals surface area contributed by atoms with Crippen molar-refractivity contribution in [2.24, 2.45) is 14.1 Å². The van der Waals surface area contributed by atoms with Crippen LogP contribution < -0.4 is 11.2 Å². The highest BCUT2D eigenvalue weighted by Crippen LogP contribution is 2.08. The summed E-state index contributed by atoms with van der Waals surface area (Å²) < 4.78 is 17.0. The topological polar surface area (TPSA) is 82.1 Å². The van der Waals surface area contributed by atoms with Gasteiger partial charge in [0.1, 0.15) is 12.4 Å². The summed E-state index contributed by atoms with van der Waals surface area (Å²) >= 11 is 0. The molecule has 0 N–H and O–H groups in total. The third-order valence-corrected chi connectivity index (χ3v) is 4.49. The molecule has 0 spiro atoms. The Morgan fingerprint density at radius 1 is 1.26 bits per heavy atom. The normalized spacial score (nSPS) is 11.1. The SMILES string of the molecule is CCN(Cc1cccc(F)c1)C(=O)Cn1c(=O)c2c(ncn2C)n(C)c1=O. The summed E-state index contributed by atoms with van der Waals surface area (Å²) in [6.07, 6.45) is 1.44. The van der Waals surface area contributed by atoms with Crippen LogP contribution in [0.25, 0.3) is 11.2 Å². The van der Waals surface area contributed by atoms with E-state index in [4.69, 9.17) is 0 Å². The Bertz CT molecular complexity index is 1130. The van der Waals surface area contributed by atoms with Crippen molar-refractivity contribution < 1.29 is 9.18 Å².